The Morgan fingerprint density at radius 2 is 1.64 bits per heavy atom. The van der Waals surface area contributed by atoms with Crippen LogP contribution in [0.2, 0.25) is 0 Å². The minimum absolute atomic E-state index is 0.186. The second-order valence-corrected chi connectivity index (χ2v) is 7.32. The summed E-state index contributed by atoms with van der Waals surface area (Å²) in [6.45, 7) is 1.92. The summed E-state index contributed by atoms with van der Waals surface area (Å²) in [6.07, 6.45) is -2.17. The highest BCUT2D eigenvalue weighted by Gasteiger charge is 2.39. The van der Waals surface area contributed by atoms with Crippen molar-refractivity contribution in [3.8, 4) is 0 Å². The Morgan fingerprint density at radius 3 is 2.32 bits per heavy atom. The molecule has 0 radical (unpaired) electrons. The number of piperazine rings is 1. The van der Waals surface area contributed by atoms with Crippen molar-refractivity contribution in [1.82, 2.24) is 9.80 Å². The molecule has 0 bridgehead atoms. The fraction of sp³-hybridized carbons (Fsp3) is 0.381. The molecule has 0 aromatic heterocycles. The number of carbonyl (C=O) groups excluding carboxylic acids is 1. The lowest BCUT2D eigenvalue weighted by Gasteiger charge is -2.42. The molecule has 2 aromatic rings. The van der Waals surface area contributed by atoms with Crippen LogP contribution in [-0.4, -0.2) is 41.5 Å². The molecule has 1 saturated carbocycles. The van der Waals surface area contributed by atoms with Crippen LogP contribution in [0.25, 0.3) is 0 Å². The van der Waals surface area contributed by atoms with Gasteiger partial charge in [0.2, 0.25) is 0 Å². The topological polar surface area (TPSA) is 35.6 Å². The molecular weight excluding hydrogens is 367 g/mol. The average molecular weight is 389 g/mol. The maximum atomic E-state index is 13.3. The Morgan fingerprint density at radius 1 is 0.964 bits per heavy atom. The van der Waals surface area contributed by atoms with Crippen LogP contribution in [0.3, 0.4) is 0 Å². The highest BCUT2D eigenvalue weighted by molar-refractivity contribution is 5.90. The monoisotopic (exact) mass is 389 g/mol. The second kappa shape index (κ2) is 7.47. The Kier molecular flexibility index (Phi) is 5.02. The van der Waals surface area contributed by atoms with Gasteiger partial charge < -0.3 is 10.2 Å². The van der Waals surface area contributed by atoms with E-state index in [1.807, 2.05) is 30.3 Å². The number of benzene rings is 2. The Labute approximate surface area is 161 Å². The number of halogens is 3. The lowest BCUT2D eigenvalue weighted by atomic mass is 10.0. The number of urea groups is 1. The van der Waals surface area contributed by atoms with Gasteiger partial charge in [0.15, 0.2) is 0 Å². The number of hydrogen-bond acceptors (Lipinski definition) is 2. The van der Waals surface area contributed by atoms with E-state index in [2.05, 4.69) is 10.2 Å². The maximum Gasteiger partial charge on any atom is 0.418 e. The Hall–Kier alpha value is -2.54. The van der Waals surface area contributed by atoms with E-state index in [0.29, 0.717) is 19.1 Å². The molecule has 2 aromatic carbocycles. The largest absolute Gasteiger partial charge is 0.418 e. The van der Waals surface area contributed by atoms with Crippen LogP contribution in [0.1, 0.15) is 30.0 Å². The van der Waals surface area contributed by atoms with Gasteiger partial charge in [-0.25, -0.2) is 4.79 Å². The van der Waals surface area contributed by atoms with Crippen molar-refractivity contribution in [3.05, 3.63) is 65.7 Å². The van der Waals surface area contributed by atoms with Gasteiger partial charge in [-0.05, 0) is 30.5 Å². The van der Waals surface area contributed by atoms with Crippen molar-refractivity contribution < 1.29 is 18.0 Å². The Balaban J connectivity index is 1.57. The highest BCUT2D eigenvalue weighted by atomic mass is 19.4. The molecule has 2 fully saturated rings. The van der Waals surface area contributed by atoms with Gasteiger partial charge in [-0.15, -0.1) is 0 Å². The predicted octanol–water partition coefficient (Wildman–Crippen LogP) is 4.76. The first-order valence-corrected chi connectivity index (χ1v) is 9.46. The third-order valence-corrected chi connectivity index (χ3v) is 5.39. The normalized spacial score (nSPS) is 20.8. The number of nitrogens with zero attached hydrogens (tertiary/aromatic N) is 2. The maximum absolute atomic E-state index is 13.3. The van der Waals surface area contributed by atoms with Crippen molar-refractivity contribution >= 4 is 11.7 Å². The standard InChI is InChI=1S/C21H22F3N3O/c22-21(23,24)17-8-4-5-9-18(17)25-20(28)27-13-12-26(16-10-11-16)14-19(27)15-6-2-1-3-7-15/h1-9,16,19H,10-14H2,(H,25,28). The summed E-state index contributed by atoms with van der Waals surface area (Å²) in [4.78, 5) is 17.0. The molecule has 0 spiro atoms. The first kappa shape index (κ1) is 18.8. The quantitative estimate of drug-likeness (QED) is 0.822. The predicted molar refractivity (Wildman–Crippen MR) is 101 cm³/mol. The minimum Gasteiger partial charge on any atom is -0.315 e. The average Bonchev–Trinajstić information content (AvgIpc) is 3.53. The van der Waals surface area contributed by atoms with Crippen LogP contribution in [0.4, 0.5) is 23.7 Å². The summed E-state index contributed by atoms with van der Waals surface area (Å²) in [5.74, 6) is 0. The number of rotatable bonds is 3. The zero-order valence-electron chi connectivity index (χ0n) is 15.3. The molecule has 4 rings (SSSR count). The number of para-hydroxylation sites is 1. The zero-order valence-corrected chi connectivity index (χ0v) is 15.3. The number of amides is 2. The van der Waals surface area contributed by atoms with Crippen molar-refractivity contribution in [3.63, 3.8) is 0 Å². The van der Waals surface area contributed by atoms with Crippen LogP contribution >= 0.6 is 0 Å². The summed E-state index contributed by atoms with van der Waals surface area (Å²) in [5, 5.41) is 2.49. The van der Waals surface area contributed by atoms with Gasteiger partial charge in [-0.2, -0.15) is 13.2 Å². The van der Waals surface area contributed by atoms with Crippen LogP contribution in [0.15, 0.2) is 54.6 Å². The van der Waals surface area contributed by atoms with E-state index in [1.54, 1.807) is 4.90 Å². The van der Waals surface area contributed by atoms with Crippen LogP contribution in [-0.2, 0) is 6.18 Å². The van der Waals surface area contributed by atoms with Crippen LogP contribution in [0.5, 0.6) is 0 Å². The van der Waals surface area contributed by atoms with Crippen molar-refractivity contribution in [2.75, 3.05) is 25.0 Å². The van der Waals surface area contributed by atoms with Gasteiger partial charge in [0, 0.05) is 25.7 Å². The van der Waals surface area contributed by atoms with Gasteiger partial charge in [0.1, 0.15) is 0 Å². The first-order chi connectivity index (χ1) is 13.4. The molecule has 1 atom stereocenters. The van der Waals surface area contributed by atoms with E-state index < -0.39 is 17.8 Å². The first-order valence-electron chi connectivity index (χ1n) is 9.46. The molecule has 7 heteroatoms. The van der Waals surface area contributed by atoms with Gasteiger partial charge >= 0.3 is 12.2 Å². The van der Waals surface area contributed by atoms with E-state index in [9.17, 15) is 18.0 Å². The number of anilines is 1. The highest BCUT2D eigenvalue weighted by Crippen LogP contribution is 2.36. The van der Waals surface area contributed by atoms with E-state index in [-0.39, 0.29) is 11.7 Å². The lowest BCUT2D eigenvalue weighted by Crippen LogP contribution is -2.52. The molecule has 1 heterocycles. The van der Waals surface area contributed by atoms with E-state index >= 15 is 0 Å². The van der Waals surface area contributed by atoms with Gasteiger partial charge in [0.05, 0.1) is 17.3 Å². The summed E-state index contributed by atoms with van der Waals surface area (Å²) in [6, 6.07) is 14.6. The molecule has 2 aliphatic rings. The molecule has 1 aliphatic carbocycles. The SMILES string of the molecule is O=C(Nc1ccccc1C(F)(F)F)N1CCN(C2CC2)CC1c1ccccc1. The molecule has 1 saturated heterocycles. The van der Waals surface area contributed by atoms with Crippen molar-refractivity contribution in [2.24, 2.45) is 0 Å². The number of nitrogens with one attached hydrogen (secondary N) is 1. The fourth-order valence-corrected chi connectivity index (χ4v) is 3.81. The van der Waals surface area contributed by atoms with Gasteiger partial charge in [-0.1, -0.05) is 42.5 Å². The second-order valence-electron chi connectivity index (χ2n) is 7.32. The molecule has 4 nitrogen and oxygen atoms in total. The summed E-state index contributed by atoms with van der Waals surface area (Å²) >= 11 is 0. The summed E-state index contributed by atoms with van der Waals surface area (Å²) < 4.78 is 39.8. The van der Waals surface area contributed by atoms with Crippen molar-refractivity contribution in [2.45, 2.75) is 31.1 Å². The molecule has 148 valence electrons. The smallest absolute Gasteiger partial charge is 0.315 e. The summed E-state index contributed by atoms with van der Waals surface area (Å²) in [7, 11) is 0. The molecule has 28 heavy (non-hydrogen) atoms. The van der Waals surface area contributed by atoms with E-state index in [0.717, 1.165) is 18.2 Å². The third kappa shape index (κ3) is 3.99. The fourth-order valence-electron chi connectivity index (χ4n) is 3.81. The zero-order chi connectivity index (χ0) is 19.7. The van der Waals surface area contributed by atoms with Crippen LogP contribution in [0, 0.1) is 0 Å². The van der Waals surface area contributed by atoms with E-state index in [1.165, 1.54) is 31.0 Å². The van der Waals surface area contributed by atoms with Gasteiger partial charge in [0.25, 0.3) is 0 Å². The molecule has 1 aliphatic heterocycles. The molecule has 1 N–H and O–H groups in total. The lowest BCUT2D eigenvalue weighted by molar-refractivity contribution is -0.136. The number of alkyl halides is 3. The molecule has 2 amide bonds. The number of carbonyl (C=O) groups is 1. The van der Waals surface area contributed by atoms with Crippen molar-refractivity contribution in [1.29, 1.82) is 0 Å². The van der Waals surface area contributed by atoms with E-state index in [4.69, 9.17) is 0 Å². The number of hydrogen-bond donors (Lipinski definition) is 1. The molecule has 1 unspecified atom stereocenters. The van der Waals surface area contributed by atoms with Crippen LogP contribution < -0.4 is 5.32 Å². The summed E-state index contributed by atoms with van der Waals surface area (Å²) in [5.41, 5.74) is -0.0558. The third-order valence-electron chi connectivity index (χ3n) is 5.39. The minimum atomic E-state index is -4.52. The van der Waals surface area contributed by atoms with Gasteiger partial charge in [-0.3, -0.25) is 4.90 Å². The molecular formula is C21H22F3N3O. The Bertz CT molecular complexity index is 836.